The van der Waals surface area contributed by atoms with Crippen molar-refractivity contribution in [3.05, 3.63) is 57.6 Å². The van der Waals surface area contributed by atoms with Crippen molar-refractivity contribution in [1.29, 1.82) is 0 Å². The molecule has 0 radical (unpaired) electrons. The predicted octanol–water partition coefficient (Wildman–Crippen LogP) is 4.07. The lowest BCUT2D eigenvalue weighted by atomic mass is 10.1. The van der Waals surface area contributed by atoms with E-state index in [1.807, 2.05) is 6.92 Å². The number of nitrogens with zero attached hydrogens (tertiary/aromatic N) is 4. The van der Waals surface area contributed by atoms with Gasteiger partial charge in [0.15, 0.2) is 0 Å². The normalized spacial score (nSPS) is 13.6. The van der Waals surface area contributed by atoms with E-state index in [4.69, 9.17) is 5.53 Å². The molecule has 0 saturated heterocycles. The molecular formula is C15H16N4. The molecule has 4 nitrogen and oxygen atoms in total. The summed E-state index contributed by atoms with van der Waals surface area (Å²) in [4.78, 5) is 2.88. The van der Waals surface area contributed by atoms with Crippen LogP contribution in [0, 0.1) is 6.92 Å². The van der Waals surface area contributed by atoms with Gasteiger partial charge in [0.05, 0.1) is 11.7 Å². The fourth-order valence-electron chi connectivity index (χ4n) is 2.82. The second-order valence-electron chi connectivity index (χ2n) is 5.23. The van der Waals surface area contributed by atoms with E-state index >= 15 is 0 Å². The minimum atomic E-state index is -0.0321. The van der Waals surface area contributed by atoms with E-state index in [1.54, 1.807) is 0 Å². The molecule has 96 valence electrons. The van der Waals surface area contributed by atoms with Crippen LogP contribution in [0.5, 0.6) is 0 Å². The molecule has 0 unspecified atom stereocenters. The fraction of sp³-hybridized carbons (Fsp3) is 0.333. The molecule has 19 heavy (non-hydrogen) atoms. The van der Waals surface area contributed by atoms with E-state index in [1.165, 1.54) is 27.9 Å². The lowest BCUT2D eigenvalue weighted by molar-refractivity contribution is 0.594. The number of azide groups is 1. The highest BCUT2D eigenvalue weighted by Crippen LogP contribution is 2.37. The van der Waals surface area contributed by atoms with Gasteiger partial charge in [-0.2, -0.15) is 0 Å². The molecule has 0 N–H and O–H groups in total. The lowest BCUT2D eigenvalue weighted by Crippen LogP contribution is -2.09. The Morgan fingerprint density at radius 1 is 1.37 bits per heavy atom. The highest BCUT2D eigenvalue weighted by atomic mass is 15.2. The zero-order valence-electron chi connectivity index (χ0n) is 11.2. The van der Waals surface area contributed by atoms with Gasteiger partial charge in [0.2, 0.25) is 0 Å². The molecular weight excluding hydrogens is 236 g/mol. The molecule has 1 aliphatic rings. The van der Waals surface area contributed by atoms with Crippen molar-refractivity contribution in [2.45, 2.75) is 32.9 Å². The Morgan fingerprint density at radius 3 is 3.00 bits per heavy atom. The van der Waals surface area contributed by atoms with Gasteiger partial charge < -0.3 is 4.57 Å². The number of hydrogen-bond donors (Lipinski definition) is 0. The third-order valence-corrected chi connectivity index (χ3v) is 3.66. The monoisotopic (exact) mass is 252 g/mol. The first-order valence-electron chi connectivity index (χ1n) is 6.51. The van der Waals surface area contributed by atoms with Crippen LogP contribution < -0.4 is 0 Å². The molecule has 3 rings (SSSR count). The van der Waals surface area contributed by atoms with Crippen LogP contribution in [0.4, 0.5) is 0 Å². The quantitative estimate of drug-likeness (QED) is 0.383. The zero-order valence-corrected chi connectivity index (χ0v) is 11.2. The first-order chi connectivity index (χ1) is 9.19. The van der Waals surface area contributed by atoms with Crippen LogP contribution in [0.15, 0.2) is 35.6 Å². The molecule has 1 aromatic heterocycles. The molecule has 1 aliphatic carbocycles. The maximum absolute atomic E-state index is 8.50. The molecule has 0 saturated carbocycles. The highest BCUT2D eigenvalue weighted by Gasteiger charge is 2.22. The first kappa shape index (κ1) is 11.9. The Kier molecular flexibility index (Phi) is 2.80. The first-order valence-corrected chi connectivity index (χ1v) is 6.51. The van der Waals surface area contributed by atoms with Crippen LogP contribution in [0.3, 0.4) is 0 Å². The van der Waals surface area contributed by atoms with Gasteiger partial charge in [0, 0.05) is 29.6 Å². The van der Waals surface area contributed by atoms with E-state index in [9.17, 15) is 0 Å². The Bertz CT molecular complexity index is 677. The molecule has 2 aromatic rings. The van der Waals surface area contributed by atoms with E-state index in [2.05, 4.69) is 52.0 Å². The Balaban J connectivity index is 2.02. The molecule has 0 spiro atoms. The molecule has 0 fully saturated rings. The summed E-state index contributed by atoms with van der Waals surface area (Å²) in [6, 6.07) is 8.77. The van der Waals surface area contributed by atoms with Crippen LogP contribution in [-0.4, -0.2) is 10.6 Å². The average molecular weight is 252 g/mol. The minimum Gasteiger partial charge on any atom is -0.347 e. The van der Waals surface area contributed by atoms with Crippen molar-refractivity contribution in [1.82, 2.24) is 4.57 Å². The third-order valence-electron chi connectivity index (χ3n) is 3.66. The molecule has 0 bridgehead atoms. The Labute approximate surface area is 112 Å². The molecule has 1 aromatic carbocycles. The summed E-state index contributed by atoms with van der Waals surface area (Å²) >= 11 is 0. The van der Waals surface area contributed by atoms with Crippen LogP contribution >= 0.6 is 0 Å². The summed E-state index contributed by atoms with van der Waals surface area (Å²) in [6.45, 7) is 4.79. The Hall–Kier alpha value is -2.19. The third kappa shape index (κ3) is 2.00. The van der Waals surface area contributed by atoms with Crippen molar-refractivity contribution in [3.8, 4) is 11.3 Å². The van der Waals surface area contributed by atoms with Gasteiger partial charge in [-0.1, -0.05) is 29.7 Å². The maximum Gasteiger partial charge on any atom is 0.0525 e. The predicted molar refractivity (Wildman–Crippen MR) is 76.0 cm³/mol. The van der Waals surface area contributed by atoms with E-state index in [0.717, 1.165) is 13.0 Å². The average Bonchev–Trinajstić information content (AvgIpc) is 2.90. The van der Waals surface area contributed by atoms with Crippen LogP contribution in [0.25, 0.3) is 21.7 Å². The van der Waals surface area contributed by atoms with Gasteiger partial charge in [0.25, 0.3) is 0 Å². The highest BCUT2D eigenvalue weighted by molar-refractivity contribution is 5.75. The molecule has 1 atom stereocenters. The van der Waals surface area contributed by atoms with Crippen molar-refractivity contribution in [2.75, 3.05) is 0 Å². The van der Waals surface area contributed by atoms with E-state index < -0.39 is 0 Å². The van der Waals surface area contributed by atoms with Gasteiger partial charge >= 0.3 is 0 Å². The van der Waals surface area contributed by atoms with E-state index in [-0.39, 0.29) is 6.04 Å². The van der Waals surface area contributed by atoms with Gasteiger partial charge in [-0.15, -0.1) is 0 Å². The number of rotatable bonds is 3. The lowest BCUT2D eigenvalue weighted by Gasteiger charge is -2.11. The standard InChI is InChI=1S/C15H16N4/c1-10-3-4-12-8-13-5-6-19(9-11(2)17-18-16)15(13)14(12)7-10/h3-7,11H,8-9H2,1-2H3/t11-/m0/s1. The zero-order chi connectivity index (χ0) is 13.4. The largest absolute Gasteiger partial charge is 0.347 e. The summed E-state index contributed by atoms with van der Waals surface area (Å²) in [6.07, 6.45) is 3.10. The second kappa shape index (κ2) is 4.48. The smallest absolute Gasteiger partial charge is 0.0525 e. The SMILES string of the molecule is Cc1ccc2c(c1)-c1c(ccn1C[C@H](C)N=[N+]=[N-])C2. The van der Waals surface area contributed by atoms with Gasteiger partial charge in [-0.25, -0.2) is 0 Å². The fourth-order valence-corrected chi connectivity index (χ4v) is 2.82. The van der Waals surface area contributed by atoms with E-state index in [0.29, 0.717) is 0 Å². The van der Waals surface area contributed by atoms with Crippen LogP contribution in [0.2, 0.25) is 0 Å². The summed E-state index contributed by atoms with van der Waals surface area (Å²) in [5, 5.41) is 3.76. The summed E-state index contributed by atoms with van der Waals surface area (Å²) < 4.78 is 2.21. The second-order valence-corrected chi connectivity index (χ2v) is 5.23. The van der Waals surface area contributed by atoms with Crippen molar-refractivity contribution in [3.63, 3.8) is 0 Å². The van der Waals surface area contributed by atoms with Gasteiger partial charge in [0.1, 0.15) is 0 Å². The summed E-state index contributed by atoms with van der Waals surface area (Å²) in [5.74, 6) is 0. The van der Waals surface area contributed by atoms with Crippen LogP contribution in [-0.2, 0) is 13.0 Å². The summed E-state index contributed by atoms with van der Waals surface area (Å²) in [5.41, 5.74) is 15.2. The van der Waals surface area contributed by atoms with Gasteiger partial charge in [-0.05, 0) is 35.7 Å². The summed E-state index contributed by atoms with van der Waals surface area (Å²) in [7, 11) is 0. The molecule has 0 amide bonds. The Morgan fingerprint density at radius 2 is 2.21 bits per heavy atom. The van der Waals surface area contributed by atoms with Crippen molar-refractivity contribution >= 4 is 0 Å². The van der Waals surface area contributed by atoms with Gasteiger partial charge in [-0.3, -0.25) is 0 Å². The molecule has 0 aliphatic heterocycles. The number of hydrogen-bond acceptors (Lipinski definition) is 1. The number of aromatic nitrogens is 1. The molecule has 4 heteroatoms. The van der Waals surface area contributed by atoms with Crippen LogP contribution in [0.1, 0.15) is 23.6 Å². The van der Waals surface area contributed by atoms with Crippen molar-refractivity contribution < 1.29 is 0 Å². The van der Waals surface area contributed by atoms with Crippen molar-refractivity contribution in [2.24, 2.45) is 5.11 Å². The minimum absolute atomic E-state index is 0.0321. The number of fused-ring (bicyclic) bond motifs is 3. The topological polar surface area (TPSA) is 53.7 Å². The number of benzene rings is 1. The number of aryl methyl sites for hydroxylation is 1. The molecule has 1 heterocycles. The maximum atomic E-state index is 8.50.